The smallest absolute Gasteiger partial charge is 0.312 e. The van der Waals surface area contributed by atoms with Crippen LogP contribution in [-0.4, -0.2) is 23.2 Å². The molecule has 0 saturated heterocycles. The highest BCUT2D eigenvalue weighted by molar-refractivity contribution is 6.33. The summed E-state index contributed by atoms with van der Waals surface area (Å²) in [6, 6.07) is 18.0. The number of hydrazine groups is 1. The predicted octanol–water partition coefficient (Wildman–Crippen LogP) is 5.65. The van der Waals surface area contributed by atoms with Crippen LogP contribution in [0.25, 0.3) is 17.0 Å². The van der Waals surface area contributed by atoms with Crippen molar-refractivity contribution in [3.63, 3.8) is 0 Å². The average Bonchev–Trinajstić information content (AvgIpc) is 3.59. The van der Waals surface area contributed by atoms with Gasteiger partial charge in [0.1, 0.15) is 23.2 Å². The molecule has 2 aromatic heterocycles. The molecule has 8 heteroatoms. The molecule has 166 valence electrons. The molecule has 0 aliphatic carbocycles. The first kappa shape index (κ1) is 20.9. The van der Waals surface area contributed by atoms with Crippen molar-refractivity contribution in [2.24, 2.45) is 0 Å². The van der Waals surface area contributed by atoms with Crippen molar-refractivity contribution in [2.45, 2.75) is 13.0 Å². The monoisotopic (exact) mass is 461 g/mol. The summed E-state index contributed by atoms with van der Waals surface area (Å²) < 4.78 is 16.5. The number of carbonyl (C=O) groups is 1. The third-order valence-electron chi connectivity index (χ3n) is 5.53. The highest BCUT2D eigenvalue weighted by atomic mass is 35.5. The maximum Gasteiger partial charge on any atom is 0.312 e. The van der Waals surface area contributed by atoms with Crippen LogP contribution in [0.3, 0.4) is 0 Å². The molecule has 1 atom stereocenters. The summed E-state index contributed by atoms with van der Waals surface area (Å²) in [4.78, 5) is 13.6. The Bertz CT molecular complexity index is 1340. The van der Waals surface area contributed by atoms with Crippen LogP contribution in [-0.2, 0) is 0 Å². The molecule has 0 bridgehead atoms. The number of nitrogens with zero attached hydrogens (tertiary/aromatic N) is 2. The first-order chi connectivity index (χ1) is 16.1. The van der Waals surface area contributed by atoms with E-state index in [1.807, 2.05) is 54.6 Å². The number of hydrogen-bond donors (Lipinski definition) is 1. The zero-order chi connectivity index (χ0) is 22.9. The number of benzene rings is 2. The van der Waals surface area contributed by atoms with Crippen LogP contribution in [0.15, 0.2) is 81.9 Å². The number of hydrogen-bond acceptors (Lipinski definition) is 6. The van der Waals surface area contributed by atoms with Gasteiger partial charge in [-0.1, -0.05) is 47.1 Å². The fourth-order valence-electron chi connectivity index (χ4n) is 3.82. The zero-order valence-corrected chi connectivity index (χ0v) is 18.7. The van der Waals surface area contributed by atoms with Gasteiger partial charge in [-0.15, -0.1) is 0 Å². The number of amides is 1. The Kier molecular flexibility index (Phi) is 5.40. The first-order valence-corrected chi connectivity index (χ1v) is 10.7. The number of aromatic nitrogens is 1. The van der Waals surface area contributed by atoms with Crippen LogP contribution in [0.5, 0.6) is 5.75 Å². The molecule has 4 aromatic rings. The van der Waals surface area contributed by atoms with Crippen LogP contribution >= 0.6 is 11.6 Å². The van der Waals surface area contributed by atoms with Gasteiger partial charge in [0.05, 0.1) is 24.1 Å². The normalized spacial score (nSPS) is 15.3. The average molecular weight is 462 g/mol. The Morgan fingerprint density at radius 2 is 2.00 bits per heavy atom. The molecule has 0 spiro atoms. The van der Waals surface area contributed by atoms with E-state index in [9.17, 15) is 4.79 Å². The van der Waals surface area contributed by atoms with E-state index in [1.54, 1.807) is 32.4 Å². The molecule has 5 rings (SSSR count). The number of methoxy groups -OCH3 is 1. The third-order valence-corrected chi connectivity index (χ3v) is 5.85. The van der Waals surface area contributed by atoms with Crippen LogP contribution in [0.2, 0.25) is 5.02 Å². The number of furan rings is 1. The largest absolute Gasteiger partial charge is 0.497 e. The zero-order valence-electron chi connectivity index (χ0n) is 17.9. The Labute approximate surface area is 195 Å². The Morgan fingerprint density at radius 1 is 1.15 bits per heavy atom. The third kappa shape index (κ3) is 3.76. The summed E-state index contributed by atoms with van der Waals surface area (Å²) in [5.41, 5.74) is 6.64. The number of carbonyl (C=O) groups excluding carboxylic acids is 1. The molecular weight excluding hydrogens is 442 g/mol. The highest BCUT2D eigenvalue weighted by Gasteiger charge is 2.36. The lowest BCUT2D eigenvalue weighted by Crippen LogP contribution is -2.39. The summed E-state index contributed by atoms with van der Waals surface area (Å²) in [7, 11) is 1.61. The van der Waals surface area contributed by atoms with Crippen LogP contribution in [0.1, 0.15) is 33.5 Å². The second-order valence-electron chi connectivity index (χ2n) is 7.52. The standard InChI is InChI=1S/C25H20ClN3O4/c1-15-23(18-9-3-4-10-19(18)26)28-33-24(15)25(30)29-21(22-11-6-12-32-22)14-20(27-29)16-7-5-8-17(13-16)31-2/h3-14,21,27H,1-2H3/t21-/m1/s1. The summed E-state index contributed by atoms with van der Waals surface area (Å²) in [6.45, 7) is 1.79. The van der Waals surface area contributed by atoms with Crippen LogP contribution in [0.4, 0.5) is 0 Å². The molecule has 0 fully saturated rings. The first-order valence-electron chi connectivity index (χ1n) is 10.3. The highest BCUT2D eigenvalue weighted by Crippen LogP contribution is 2.36. The lowest BCUT2D eigenvalue weighted by Gasteiger charge is -2.23. The maximum atomic E-state index is 13.6. The van der Waals surface area contributed by atoms with Crippen molar-refractivity contribution in [3.8, 4) is 17.0 Å². The predicted molar refractivity (Wildman–Crippen MR) is 123 cm³/mol. The van der Waals surface area contributed by atoms with Gasteiger partial charge in [-0.2, -0.15) is 0 Å². The fourth-order valence-corrected chi connectivity index (χ4v) is 4.04. The minimum Gasteiger partial charge on any atom is -0.497 e. The van der Waals surface area contributed by atoms with Crippen LogP contribution < -0.4 is 10.2 Å². The summed E-state index contributed by atoms with van der Waals surface area (Å²) in [6.07, 6.45) is 3.50. The van der Waals surface area contributed by atoms with Gasteiger partial charge in [0.2, 0.25) is 5.76 Å². The number of halogens is 1. The maximum absolute atomic E-state index is 13.6. The second-order valence-corrected chi connectivity index (χ2v) is 7.93. The van der Waals surface area contributed by atoms with Gasteiger partial charge in [0, 0.05) is 16.7 Å². The minimum atomic E-state index is -0.484. The molecule has 0 radical (unpaired) electrons. The van der Waals surface area contributed by atoms with E-state index in [0.717, 1.165) is 11.3 Å². The van der Waals surface area contributed by atoms with E-state index in [-0.39, 0.29) is 11.7 Å². The van der Waals surface area contributed by atoms with Gasteiger partial charge in [0.25, 0.3) is 0 Å². The van der Waals surface area contributed by atoms with E-state index in [2.05, 4.69) is 10.6 Å². The molecule has 7 nitrogen and oxygen atoms in total. The fraction of sp³-hybridized carbons (Fsp3) is 0.120. The number of nitrogens with one attached hydrogen (secondary N) is 1. The van der Waals surface area contributed by atoms with Crippen molar-refractivity contribution < 1.29 is 18.5 Å². The number of ether oxygens (including phenoxy) is 1. The summed E-state index contributed by atoms with van der Waals surface area (Å²) in [5, 5.41) is 6.14. The molecular formula is C25H20ClN3O4. The lowest BCUT2D eigenvalue weighted by atomic mass is 10.1. The summed E-state index contributed by atoms with van der Waals surface area (Å²) >= 11 is 6.33. The number of rotatable bonds is 5. The molecule has 33 heavy (non-hydrogen) atoms. The minimum absolute atomic E-state index is 0.120. The SMILES string of the molecule is COc1cccc(C2=C[C@H](c3ccco3)N(C(=O)c3onc(-c4ccccc4Cl)c3C)N2)c1. The van der Waals surface area contributed by atoms with E-state index >= 15 is 0 Å². The van der Waals surface area contributed by atoms with Crippen molar-refractivity contribution in [3.05, 3.63) is 101 Å². The van der Waals surface area contributed by atoms with Gasteiger partial charge >= 0.3 is 5.91 Å². The van der Waals surface area contributed by atoms with Crippen molar-refractivity contribution in [1.29, 1.82) is 0 Å². The van der Waals surface area contributed by atoms with Crippen LogP contribution in [0, 0.1) is 6.92 Å². The lowest BCUT2D eigenvalue weighted by molar-refractivity contribution is 0.0611. The van der Waals surface area contributed by atoms with Crippen molar-refractivity contribution in [1.82, 2.24) is 15.6 Å². The molecule has 0 saturated carbocycles. The Hall–Kier alpha value is -3.97. The second kappa shape index (κ2) is 8.52. The Morgan fingerprint density at radius 3 is 2.76 bits per heavy atom. The van der Waals surface area contributed by atoms with Gasteiger partial charge in [0.15, 0.2) is 0 Å². The molecule has 0 unspecified atom stereocenters. The van der Waals surface area contributed by atoms with Gasteiger partial charge in [-0.3, -0.25) is 10.2 Å². The van der Waals surface area contributed by atoms with Crippen molar-refractivity contribution in [2.75, 3.05) is 7.11 Å². The summed E-state index contributed by atoms with van der Waals surface area (Å²) in [5.74, 6) is 1.06. The molecule has 1 aliphatic heterocycles. The quantitative estimate of drug-likeness (QED) is 0.413. The molecule has 2 aromatic carbocycles. The van der Waals surface area contributed by atoms with E-state index in [4.69, 9.17) is 25.3 Å². The molecule has 1 N–H and O–H groups in total. The molecule has 1 amide bonds. The van der Waals surface area contributed by atoms with E-state index in [0.29, 0.717) is 33.4 Å². The van der Waals surface area contributed by atoms with E-state index in [1.165, 1.54) is 5.01 Å². The topological polar surface area (TPSA) is 80.7 Å². The van der Waals surface area contributed by atoms with Gasteiger partial charge < -0.3 is 13.7 Å². The molecule has 1 aliphatic rings. The van der Waals surface area contributed by atoms with Gasteiger partial charge in [-0.05, 0) is 43.3 Å². The van der Waals surface area contributed by atoms with Gasteiger partial charge in [-0.25, -0.2) is 5.01 Å². The molecule has 3 heterocycles. The Balaban J connectivity index is 1.51. The van der Waals surface area contributed by atoms with E-state index < -0.39 is 6.04 Å². The van der Waals surface area contributed by atoms with Crippen molar-refractivity contribution >= 4 is 23.2 Å².